The number of ether oxygens (including phenoxy) is 3. The van der Waals surface area contributed by atoms with Gasteiger partial charge in [0.05, 0.1) is 46.6 Å². The zero-order chi connectivity index (χ0) is 29.0. The first-order valence-corrected chi connectivity index (χ1v) is 13.7. The zero-order valence-electron chi connectivity index (χ0n) is 23.0. The number of nitro benzene ring substituents is 1. The third-order valence-electron chi connectivity index (χ3n) is 6.22. The molecule has 0 saturated heterocycles. The molecule has 40 heavy (non-hydrogen) atoms. The summed E-state index contributed by atoms with van der Waals surface area (Å²) in [4.78, 5) is 42.9. The molecule has 4 rings (SSSR count). The summed E-state index contributed by atoms with van der Waals surface area (Å²) < 4.78 is 18.8. The van der Waals surface area contributed by atoms with Gasteiger partial charge in [0.25, 0.3) is 11.2 Å². The highest BCUT2D eigenvalue weighted by molar-refractivity contribution is 7.07. The molecule has 10 nitrogen and oxygen atoms in total. The first-order chi connectivity index (χ1) is 19.1. The Labute approximate surface area is 235 Å². The largest absolute Gasteiger partial charge is 0.493 e. The number of nitrogens with zero attached hydrogens (tertiary/aromatic N) is 3. The van der Waals surface area contributed by atoms with Gasteiger partial charge in [0.15, 0.2) is 16.3 Å². The van der Waals surface area contributed by atoms with E-state index >= 15 is 0 Å². The summed E-state index contributed by atoms with van der Waals surface area (Å²) in [6.45, 7) is 7.82. The van der Waals surface area contributed by atoms with Crippen molar-refractivity contribution < 1.29 is 23.9 Å². The van der Waals surface area contributed by atoms with Crippen LogP contribution in [0.4, 0.5) is 5.69 Å². The highest BCUT2D eigenvalue weighted by atomic mass is 32.1. The molecule has 0 bridgehead atoms. The standard InChI is InChI=1S/C29H31N3O7S/c1-6-7-13-38-22-12-11-20(16-23(22)37-5)26-25(28(34)39-17(2)3)18(4)30-29-31(26)27(33)24(40-29)15-19-9-8-10-21(14-19)32(35)36/h8-12,14-17,26H,6-7,13H2,1-5H3. The summed E-state index contributed by atoms with van der Waals surface area (Å²) >= 11 is 1.14. The first-order valence-electron chi connectivity index (χ1n) is 12.9. The summed E-state index contributed by atoms with van der Waals surface area (Å²) in [7, 11) is 1.53. The average molecular weight is 566 g/mol. The summed E-state index contributed by atoms with van der Waals surface area (Å²) in [5.41, 5.74) is 1.33. The van der Waals surface area contributed by atoms with Gasteiger partial charge >= 0.3 is 5.97 Å². The Morgan fingerprint density at radius 2 is 2.00 bits per heavy atom. The van der Waals surface area contributed by atoms with E-state index in [1.54, 1.807) is 57.2 Å². The van der Waals surface area contributed by atoms with E-state index < -0.39 is 16.9 Å². The molecule has 3 aromatic rings. The van der Waals surface area contributed by atoms with Crippen LogP contribution >= 0.6 is 11.3 Å². The minimum Gasteiger partial charge on any atom is -0.493 e. The van der Waals surface area contributed by atoms with Crippen molar-refractivity contribution in [2.75, 3.05) is 13.7 Å². The highest BCUT2D eigenvalue weighted by Crippen LogP contribution is 2.36. The smallest absolute Gasteiger partial charge is 0.338 e. The summed E-state index contributed by atoms with van der Waals surface area (Å²) in [6.07, 6.45) is 3.08. The van der Waals surface area contributed by atoms with Crippen LogP contribution in [0.2, 0.25) is 0 Å². The highest BCUT2D eigenvalue weighted by Gasteiger charge is 2.34. The maximum Gasteiger partial charge on any atom is 0.338 e. The van der Waals surface area contributed by atoms with Crippen molar-refractivity contribution >= 4 is 29.1 Å². The van der Waals surface area contributed by atoms with E-state index in [-0.39, 0.29) is 22.9 Å². The van der Waals surface area contributed by atoms with Crippen LogP contribution < -0.4 is 24.4 Å². The lowest BCUT2D eigenvalue weighted by Gasteiger charge is -2.26. The molecule has 0 amide bonds. The molecule has 0 saturated carbocycles. The Morgan fingerprint density at radius 3 is 2.67 bits per heavy atom. The second-order valence-electron chi connectivity index (χ2n) is 9.50. The summed E-state index contributed by atoms with van der Waals surface area (Å²) in [6, 6.07) is 10.5. The lowest BCUT2D eigenvalue weighted by molar-refractivity contribution is -0.384. The van der Waals surface area contributed by atoms with E-state index in [0.29, 0.717) is 44.3 Å². The molecule has 1 unspecified atom stereocenters. The van der Waals surface area contributed by atoms with Gasteiger partial charge in [-0.05, 0) is 56.5 Å². The van der Waals surface area contributed by atoms with Crippen LogP contribution in [0.1, 0.15) is 57.7 Å². The van der Waals surface area contributed by atoms with Gasteiger partial charge < -0.3 is 14.2 Å². The number of carbonyl (C=O) groups is 1. The molecule has 0 N–H and O–H groups in total. The van der Waals surface area contributed by atoms with Crippen molar-refractivity contribution in [1.29, 1.82) is 0 Å². The number of nitro groups is 1. The van der Waals surface area contributed by atoms with Crippen LogP contribution in [-0.4, -0.2) is 35.3 Å². The van der Waals surface area contributed by atoms with Crippen LogP contribution in [0.25, 0.3) is 6.08 Å². The number of allylic oxidation sites excluding steroid dienone is 1. The van der Waals surface area contributed by atoms with Gasteiger partial charge in [0.2, 0.25) is 0 Å². The van der Waals surface area contributed by atoms with Crippen LogP contribution in [-0.2, 0) is 9.53 Å². The molecule has 11 heteroatoms. The number of non-ortho nitro benzene ring substituents is 1. The molecule has 210 valence electrons. The first kappa shape index (κ1) is 28.8. The monoisotopic (exact) mass is 565 g/mol. The number of hydrogen-bond acceptors (Lipinski definition) is 9. The van der Waals surface area contributed by atoms with Gasteiger partial charge in [-0.3, -0.25) is 19.5 Å². The maximum absolute atomic E-state index is 13.8. The molecule has 0 spiro atoms. The van der Waals surface area contributed by atoms with Gasteiger partial charge in [-0.15, -0.1) is 0 Å². The second kappa shape index (κ2) is 12.3. The lowest BCUT2D eigenvalue weighted by atomic mass is 9.95. The molecular formula is C29H31N3O7S. The number of rotatable bonds is 10. The van der Waals surface area contributed by atoms with E-state index in [4.69, 9.17) is 14.2 Å². The number of aromatic nitrogens is 1. The topological polar surface area (TPSA) is 122 Å². The summed E-state index contributed by atoms with van der Waals surface area (Å²) in [5, 5.41) is 11.2. The molecule has 0 radical (unpaired) electrons. The third-order valence-corrected chi connectivity index (χ3v) is 7.20. The lowest BCUT2D eigenvalue weighted by Crippen LogP contribution is -2.40. The van der Waals surface area contributed by atoms with Crippen LogP contribution in [0.3, 0.4) is 0 Å². The van der Waals surface area contributed by atoms with Crippen molar-refractivity contribution in [3.8, 4) is 11.5 Å². The molecule has 1 aliphatic heterocycles. The Balaban J connectivity index is 1.90. The number of fused-ring (bicyclic) bond motifs is 1. The van der Waals surface area contributed by atoms with Crippen molar-refractivity contribution in [2.24, 2.45) is 4.99 Å². The number of esters is 1. The maximum atomic E-state index is 13.8. The fraction of sp³-hybridized carbons (Fsp3) is 0.345. The predicted molar refractivity (Wildman–Crippen MR) is 151 cm³/mol. The van der Waals surface area contributed by atoms with Gasteiger partial charge in [-0.2, -0.15) is 0 Å². The average Bonchev–Trinajstić information content (AvgIpc) is 3.21. The SMILES string of the molecule is CCCCOc1ccc(C2C(C(=O)OC(C)C)=C(C)N=c3sc(=Cc4cccc([N+](=O)[O-])c4)c(=O)n32)cc1OC. The Kier molecular flexibility index (Phi) is 8.83. The van der Waals surface area contributed by atoms with Crippen molar-refractivity contribution in [3.05, 3.63) is 94.7 Å². The molecule has 2 aromatic carbocycles. The minimum absolute atomic E-state index is 0.0812. The Bertz CT molecular complexity index is 1650. The van der Waals surface area contributed by atoms with E-state index in [1.165, 1.54) is 23.8 Å². The molecule has 2 heterocycles. The number of thiazole rings is 1. The number of carbonyl (C=O) groups excluding carboxylic acids is 1. The fourth-order valence-corrected chi connectivity index (χ4v) is 5.40. The van der Waals surface area contributed by atoms with Crippen molar-refractivity contribution in [2.45, 2.75) is 52.7 Å². The van der Waals surface area contributed by atoms with E-state index in [0.717, 1.165) is 24.2 Å². The van der Waals surface area contributed by atoms with Crippen LogP contribution in [0.5, 0.6) is 11.5 Å². The van der Waals surface area contributed by atoms with E-state index in [1.807, 2.05) is 0 Å². The normalized spacial score (nSPS) is 15.1. The fourth-order valence-electron chi connectivity index (χ4n) is 4.36. The zero-order valence-corrected chi connectivity index (χ0v) is 23.8. The minimum atomic E-state index is -0.839. The van der Waals surface area contributed by atoms with E-state index in [9.17, 15) is 19.7 Å². The van der Waals surface area contributed by atoms with Gasteiger partial charge in [0, 0.05) is 12.1 Å². The van der Waals surface area contributed by atoms with Crippen LogP contribution in [0, 0.1) is 10.1 Å². The number of benzene rings is 2. The molecule has 1 aliphatic rings. The Hall–Kier alpha value is -4.25. The Morgan fingerprint density at radius 1 is 1.23 bits per heavy atom. The van der Waals surface area contributed by atoms with E-state index in [2.05, 4.69) is 11.9 Å². The number of unbranched alkanes of at least 4 members (excludes halogenated alkanes) is 1. The van der Waals surface area contributed by atoms with Gasteiger partial charge in [-0.1, -0.05) is 42.9 Å². The number of methoxy groups -OCH3 is 1. The molecule has 0 fully saturated rings. The van der Waals surface area contributed by atoms with Gasteiger partial charge in [0.1, 0.15) is 0 Å². The molecule has 1 atom stereocenters. The third kappa shape index (κ3) is 5.99. The predicted octanol–water partition coefficient (Wildman–Crippen LogP) is 4.28. The molecule has 1 aromatic heterocycles. The molecule has 0 aliphatic carbocycles. The van der Waals surface area contributed by atoms with Crippen LogP contribution in [0.15, 0.2) is 63.5 Å². The quantitative estimate of drug-likeness (QED) is 0.156. The summed E-state index contributed by atoms with van der Waals surface area (Å²) in [5.74, 6) is 0.458. The van der Waals surface area contributed by atoms with Gasteiger partial charge in [-0.25, -0.2) is 9.79 Å². The molecular weight excluding hydrogens is 534 g/mol. The number of hydrogen-bond donors (Lipinski definition) is 0. The van der Waals surface area contributed by atoms with Crippen molar-refractivity contribution in [3.63, 3.8) is 0 Å². The second-order valence-corrected chi connectivity index (χ2v) is 10.5. The van der Waals surface area contributed by atoms with Crippen molar-refractivity contribution in [1.82, 2.24) is 4.57 Å².